The lowest BCUT2D eigenvalue weighted by molar-refractivity contribution is 0.0673. The Bertz CT molecular complexity index is 1370. The van der Waals surface area contributed by atoms with Crippen LogP contribution in [-0.2, 0) is 15.9 Å². The zero-order valence-corrected chi connectivity index (χ0v) is 19.5. The molecule has 0 saturated carbocycles. The van der Waals surface area contributed by atoms with Gasteiger partial charge < -0.3 is 19.4 Å². The van der Waals surface area contributed by atoms with E-state index < -0.39 is 0 Å². The molecule has 35 heavy (non-hydrogen) atoms. The maximum Gasteiger partial charge on any atom is 0.262 e. The van der Waals surface area contributed by atoms with Crippen LogP contribution in [0.1, 0.15) is 30.3 Å². The van der Waals surface area contributed by atoms with Crippen LogP contribution in [0.2, 0.25) is 0 Å². The van der Waals surface area contributed by atoms with Crippen LogP contribution in [0.25, 0.3) is 22.2 Å². The summed E-state index contributed by atoms with van der Waals surface area (Å²) in [6.45, 7) is 4.58. The van der Waals surface area contributed by atoms with Gasteiger partial charge in [0.05, 0.1) is 25.5 Å². The molecule has 0 radical (unpaired) electrons. The average molecular weight is 473 g/mol. The highest BCUT2D eigenvalue weighted by Gasteiger charge is 2.21. The molecule has 180 valence electrons. The minimum atomic E-state index is -0.155. The Morgan fingerprint density at radius 3 is 2.57 bits per heavy atom. The highest BCUT2D eigenvalue weighted by Crippen LogP contribution is 2.27. The van der Waals surface area contributed by atoms with Crippen molar-refractivity contribution in [2.24, 2.45) is 0 Å². The molecule has 0 spiro atoms. The molecule has 9 heteroatoms. The van der Waals surface area contributed by atoms with Gasteiger partial charge >= 0.3 is 0 Å². The molecule has 0 atom stereocenters. The van der Waals surface area contributed by atoms with Crippen LogP contribution < -0.4 is 10.5 Å². The summed E-state index contributed by atoms with van der Waals surface area (Å²) in [4.78, 5) is 27.6. The Hall–Kier alpha value is -3.56. The number of nitrogens with zero attached hydrogens (tertiary/aromatic N) is 5. The number of nitrogens with one attached hydrogen (secondary N) is 1. The molecule has 1 N–H and O–H groups in total. The largest absolute Gasteiger partial charge is 0.381 e. The van der Waals surface area contributed by atoms with E-state index in [0.717, 1.165) is 61.7 Å². The van der Waals surface area contributed by atoms with E-state index >= 15 is 0 Å². The lowest BCUT2D eigenvalue weighted by Gasteiger charge is -2.27. The monoisotopic (exact) mass is 472 g/mol. The fourth-order valence-corrected chi connectivity index (χ4v) is 4.92. The smallest absolute Gasteiger partial charge is 0.262 e. The second kappa shape index (κ2) is 9.59. The maximum atomic E-state index is 12.8. The number of benzene rings is 1. The highest BCUT2D eigenvalue weighted by molar-refractivity contribution is 5.73. The van der Waals surface area contributed by atoms with Gasteiger partial charge in [0.1, 0.15) is 17.0 Å². The number of hydrogen-bond donors (Lipinski definition) is 1. The number of fused-ring (bicyclic) bond motifs is 1. The van der Waals surface area contributed by atoms with E-state index in [9.17, 15) is 4.79 Å². The minimum Gasteiger partial charge on any atom is -0.381 e. The zero-order valence-electron chi connectivity index (χ0n) is 19.5. The predicted octanol–water partition coefficient (Wildman–Crippen LogP) is 2.96. The summed E-state index contributed by atoms with van der Waals surface area (Å²) in [5, 5.41) is 5.02. The third-order valence-electron chi connectivity index (χ3n) is 6.82. The third kappa shape index (κ3) is 4.44. The van der Waals surface area contributed by atoms with E-state index in [1.54, 1.807) is 6.20 Å². The van der Waals surface area contributed by atoms with Crippen molar-refractivity contribution in [3.8, 4) is 11.1 Å². The lowest BCUT2D eigenvalue weighted by Crippen LogP contribution is -2.36. The molecule has 4 aromatic rings. The fraction of sp³-hybridized carbons (Fsp3) is 0.385. The zero-order chi connectivity index (χ0) is 23.6. The van der Waals surface area contributed by atoms with Crippen LogP contribution in [0.3, 0.4) is 0 Å². The van der Waals surface area contributed by atoms with Crippen molar-refractivity contribution in [1.29, 1.82) is 0 Å². The summed E-state index contributed by atoms with van der Waals surface area (Å²) in [6.07, 6.45) is 5.79. The molecule has 2 aliphatic rings. The summed E-state index contributed by atoms with van der Waals surface area (Å²) in [7, 11) is 0. The molecule has 1 aromatic carbocycles. The predicted molar refractivity (Wildman–Crippen MR) is 133 cm³/mol. The van der Waals surface area contributed by atoms with Crippen molar-refractivity contribution < 1.29 is 9.47 Å². The Balaban J connectivity index is 1.30. The summed E-state index contributed by atoms with van der Waals surface area (Å²) >= 11 is 0. The first-order valence-electron chi connectivity index (χ1n) is 12.2. The van der Waals surface area contributed by atoms with Gasteiger partial charge in [0.15, 0.2) is 5.65 Å². The molecule has 0 amide bonds. The van der Waals surface area contributed by atoms with Gasteiger partial charge in [-0.2, -0.15) is 5.10 Å². The summed E-state index contributed by atoms with van der Waals surface area (Å²) in [5.74, 6) is 1.59. The number of morpholine rings is 1. The van der Waals surface area contributed by atoms with Gasteiger partial charge in [-0.25, -0.2) is 14.6 Å². The van der Waals surface area contributed by atoms with Gasteiger partial charge in [-0.05, 0) is 36.1 Å². The van der Waals surface area contributed by atoms with Crippen molar-refractivity contribution in [2.45, 2.75) is 25.3 Å². The number of ether oxygens (including phenoxy) is 2. The van der Waals surface area contributed by atoms with Gasteiger partial charge in [-0.3, -0.25) is 4.79 Å². The molecule has 2 fully saturated rings. The fourth-order valence-electron chi connectivity index (χ4n) is 4.92. The molecular formula is C26H28N6O3. The van der Waals surface area contributed by atoms with Crippen molar-refractivity contribution in [3.63, 3.8) is 0 Å². The molecule has 3 aromatic heterocycles. The quantitative estimate of drug-likeness (QED) is 0.477. The molecule has 6 rings (SSSR count). The lowest BCUT2D eigenvalue weighted by atomic mass is 9.98. The van der Waals surface area contributed by atoms with E-state index in [1.807, 2.05) is 23.0 Å². The molecule has 9 nitrogen and oxygen atoms in total. The number of anilines is 1. The Labute approximate surface area is 202 Å². The van der Waals surface area contributed by atoms with Crippen molar-refractivity contribution >= 4 is 16.9 Å². The number of aromatic amines is 1. The van der Waals surface area contributed by atoms with Gasteiger partial charge in [-0.1, -0.05) is 24.3 Å². The van der Waals surface area contributed by atoms with Gasteiger partial charge in [0.2, 0.25) is 0 Å². The van der Waals surface area contributed by atoms with E-state index in [1.165, 1.54) is 0 Å². The van der Waals surface area contributed by atoms with E-state index in [2.05, 4.69) is 39.2 Å². The van der Waals surface area contributed by atoms with Crippen molar-refractivity contribution in [1.82, 2.24) is 24.7 Å². The topological polar surface area (TPSA) is 98.2 Å². The first kappa shape index (κ1) is 21.9. The number of rotatable bonds is 5. The number of aromatic nitrogens is 5. The second-order valence-electron chi connectivity index (χ2n) is 9.02. The standard InChI is InChI=1S/C26H28N6O3/c33-26-22-17-28-32(20-7-11-34-12-8-20)25(22)29-23(30-26)15-18-3-1-2-4-21(18)19-5-6-24(27-16-19)31-9-13-35-14-10-31/h1-6,16-17,20H,7-15H2,(H,29,30,33). The first-order valence-corrected chi connectivity index (χ1v) is 12.2. The number of H-pyrrole nitrogens is 1. The molecule has 0 bridgehead atoms. The van der Waals surface area contributed by atoms with Gasteiger partial charge in [0.25, 0.3) is 5.56 Å². The van der Waals surface area contributed by atoms with Crippen LogP contribution >= 0.6 is 0 Å². The van der Waals surface area contributed by atoms with Crippen LogP contribution in [0, 0.1) is 0 Å². The Morgan fingerprint density at radius 1 is 0.971 bits per heavy atom. The summed E-state index contributed by atoms with van der Waals surface area (Å²) in [6, 6.07) is 12.6. The van der Waals surface area contributed by atoms with Crippen LogP contribution in [0.4, 0.5) is 5.82 Å². The van der Waals surface area contributed by atoms with E-state index in [-0.39, 0.29) is 11.6 Å². The molecule has 0 unspecified atom stereocenters. The second-order valence-corrected chi connectivity index (χ2v) is 9.02. The van der Waals surface area contributed by atoms with E-state index in [0.29, 0.717) is 36.5 Å². The maximum absolute atomic E-state index is 12.8. The Kier molecular flexibility index (Phi) is 6.01. The normalized spacial score (nSPS) is 17.2. The first-order chi connectivity index (χ1) is 17.3. The highest BCUT2D eigenvalue weighted by atomic mass is 16.5. The molecular weight excluding hydrogens is 444 g/mol. The van der Waals surface area contributed by atoms with Crippen molar-refractivity contribution in [2.75, 3.05) is 44.4 Å². The van der Waals surface area contributed by atoms with E-state index in [4.69, 9.17) is 19.4 Å². The average Bonchev–Trinajstić information content (AvgIpc) is 3.35. The van der Waals surface area contributed by atoms with Crippen molar-refractivity contribution in [3.05, 3.63) is 70.5 Å². The molecule has 5 heterocycles. The molecule has 0 aliphatic carbocycles. The number of pyridine rings is 1. The van der Waals surface area contributed by atoms with Crippen LogP contribution in [0.15, 0.2) is 53.6 Å². The van der Waals surface area contributed by atoms with Crippen LogP contribution in [-0.4, -0.2) is 64.2 Å². The summed E-state index contributed by atoms with van der Waals surface area (Å²) in [5.41, 5.74) is 3.68. The molecule has 2 aliphatic heterocycles. The van der Waals surface area contributed by atoms with Gasteiger partial charge in [-0.15, -0.1) is 0 Å². The number of hydrogen-bond acceptors (Lipinski definition) is 7. The molecule has 2 saturated heterocycles. The minimum absolute atomic E-state index is 0.155. The Morgan fingerprint density at radius 2 is 1.77 bits per heavy atom. The summed E-state index contributed by atoms with van der Waals surface area (Å²) < 4.78 is 12.8. The SMILES string of the molecule is O=c1[nH]c(Cc2ccccc2-c2ccc(N3CCOCC3)nc2)nc2c1cnn2C1CCOCC1. The third-order valence-corrected chi connectivity index (χ3v) is 6.82. The van der Waals surface area contributed by atoms with Gasteiger partial charge in [0, 0.05) is 44.5 Å². The van der Waals surface area contributed by atoms with Crippen LogP contribution in [0.5, 0.6) is 0 Å².